The molecule has 0 aliphatic carbocycles. The van der Waals surface area contributed by atoms with Crippen LogP contribution in [0.25, 0.3) is 11.3 Å². The number of furan rings is 1. The average molecular weight is 490 g/mol. The fourth-order valence-corrected chi connectivity index (χ4v) is 3.59. The van der Waals surface area contributed by atoms with Crippen molar-refractivity contribution in [2.75, 3.05) is 5.75 Å². The van der Waals surface area contributed by atoms with Crippen LogP contribution in [0.4, 0.5) is 0 Å². The van der Waals surface area contributed by atoms with E-state index in [4.69, 9.17) is 36.8 Å². The molecule has 0 unspecified atom stereocenters. The summed E-state index contributed by atoms with van der Waals surface area (Å²) < 4.78 is 16.8. The number of ether oxygens (including phenoxy) is 1. The SMILES string of the molecule is O=C(CSc1nnc(COc2ccccc2Cl)o1)NCc1ccc(-c2ccc(Cl)cc2)o1. The van der Waals surface area contributed by atoms with Crippen LogP contribution in [0, 0.1) is 0 Å². The molecule has 0 saturated heterocycles. The molecule has 2 heterocycles. The molecule has 0 aliphatic rings. The molecule has 0 atom stereocenters. The van der Waals surface area contributed by atoms with Crippen LogP contribution in [0.1, 0.15) is 11.7 Å². The first-order valence-corrected chi connectivity index (χ1v) is 11.2. The van der Waals surface area contributed by atoms with Crippen LogP contribution in [-0.4, -0.2) is 21.9 Å². The molecule has 4 aromatic rings. The summed E-state index contributed by atoms with van der Waals surface area (Å²) in [6.07, 6.45) is 0. The number of carbonyl (C=O) groups excluding carboxylic acids is 1. The van der Waals surface area contributed by atoms with Gasteiger partial charge in [0.05, 0.1) is 17.3 Å². The van der Waals surface area contributed by atoms with Gasteiger partial charge in [0.25, 0.3) is 11.1 Å². The van der Waals surface area contributed by atoms with Gasteiger partial charge in [-0.1, -0.05) is 47.1 Å². The topological polar surface area (TPSA) is 90.4 Å². The third kappa shape index (κ3) is 6.06. The summed E-state index contributed by atoms with van der Waals surface area (Å²) >= 11 is 13.1. The van der Waals surface area contributed by atoms with E-state index in [1.54, 1.807) is 24.3 Å². The van der Waals surface area contributed by atoms with Gasteiger partial charge in [0, 0.05) is 10.6 Å². The van der Waals surface area contributed by atoms with Crippen molar-refractivity contribution in [2.24, 2.45) is 0 Å². The number of nitrogens with zero attached hydrogens (tertiary/aromatic N) is 2. The van der Waals surface area contributed by atoms with E-state index in [0.29, 0.717) is 27.3 Å². The maximum atomic E-state index is 12.1. The Morgan fingerprint density at radius 2 is 1.81 bits per heavy atom. The second-order valence-corrected chi connectivity index (χ2v) is 8.29. The van der Waals surface area contributed by atoms with Crippen LogP contribution in [0.2, 0.25) is 10.0 Å². The van der Waals surface area contributed by atoms with Crippen LogP contribution in [0.3, 0.4) is 0 Å². The zero-order valence-electron chi connectivity index (χ0n) is 16.6. The molecule has 0 saturated carbocycles. The first-order chi connectivity index (χ1) is 15.6. The summed E-state index contributed by atoms with van der Waals surface area (Å²) in [6, 6.07) is 18.1. The van der Waals surface area contributed by atoms with Crippen LogP contribution >= 0.6 is 35.0 Å². The Balaban J connectivity index is 1.21. The van der Waals surface area contributed by atoms with Gasteiger partial charge in [-0.2, -0.15) is 0 Å². The minimum Gasteiger partial charge on any atom is -0.482 e. The van der Waals surface area contributed by atoms with Crippen molar-refractivity contribution in [3.05, 3.63) is 82.4 Å². The molecule has 32 heavy (non-hydrogen) atoms. The van der Waals surface area contributed by atoms with Gasteiger partial charge in [-0.25, -0.2) is 0 Å². The molecule has 7 nitrogen and oxygen atoms in total. The molecule has 0 fully saturated rings. The number of para-hydroxylation sites is 1. The van der Waals surface area contributed by atoms with E-state index in [1.807, 2.05) is 36.4 Å². The molecule has 0 spiro atoms. The predicted octanol–water partition coefficient (Wildman–Crippen LogP) is 5.62. The van der Waals surface area contributed by atoms with E-state index in [-0.39, 0.29) is 35.9 Å². The van der Waals surface area contributed by atoms with Crippen LogP contribution in [0.5, 0.6) is 5.75 Å². The number of hydrogen-bond acceptors (Lipinski definition) is 7. The Kier molecular flexibility index (Phi) is 7.36. The standard InChI is InChI=1S/C22H17Cl2N3O4S/c23-15-7-5-14(6-8-15)18-10-9-16(30-18)11-25-20(28)13-32-22-27-26-21(31-22)12-29-19-4-2-1-3-17(19)24/h1-10H,11-13H2,(H,25,28). The molecule has 0 bridgehead atoms. The molecule has 10 heteroatoms. The number of carbonyl (C=O) groups is 1. The summed E-state index contributed by atoms with van der Waals surface area (Å²) in [4.78, 5) is 12.1. The van der Waals surface area contributed by atoms with E-state index in [9.17, 15) is 4.79 Å². The smallest absolute Gasteiger partial charge is 0.277 e. The van der Waals surface area contributed by atoms with Gasteiger partial charge >= 0.3 is 0 Å². The lowest BCUT2D eigenvalue weighted by atomic mass is 10.2. The fraction of sp³-hybridized carbons (Fsp3) is 0.136. The minimum atomic E-state index is -0.188. The molecule has 0 aliphatic heterocycles. The number of nitrogens with one attached hydrogen (secondary N) is 1. The summed E-state index contributed by atoms with van der Waals surface area (Å²) in [5, 5.41) is 12.1. The highest BCUT2D eigenvalue weighted by Gasteiger charge is 2.12. The summed E-state index contributed by atoms with van der Waals surface area (Å²) in [5.74, 6) is 2.10. The molecular weight excluding hydrogens is 473 g/mol. The van der Waals surface area contributed by atoms with Gasteiger partial charge in [0.1, 0.15) is 17.3 Å². The summed E-state index contributed by atoms with van der Waals surface area (Å²) in [6.45, 7) is 0.353. The first-order valence-electron chi connectivity index (χ1n) is 9.51. The van der Waals surface area contributed by atoms with Crippen LogP contribution in [0.15, 0.2) is 74.7 Å². The minimum absolute atomic E-state index is 0.0813. The molecule has 2 aromatic heterocycles. The van der Waals surface area contributed by atoms with E-state index in [1.165, 1.54) is 0 Å². The van der Waals surface area contributed by atoms with E-state index >= 15 is 0 Å². The summed E-state index contributed by atoms with van der Waals surface area (Å²) in [7, 11) is 0. The number of amides is 1. The second-order valence-electron chi connectivity index (χ2n) is 6.52. The number of thioether (sulfide) groups is 1. The Morgan fingerprint density at radius 1 is 1.00 bits per heavy atom. The Bertz CT molecular complexity index is 1190. The number of benzene rings is 2. The number of hydrogen-bond donors (Lipinski definition) is 1. The monoisotopic (exact) mass is 489 g/mol. The van der Waals surface area contributed by atoms with E-state index < -0.39 is 0 Å². The van der Waals surface area contributed by atoms with Crippen molar-refractivity contribution in [3.8, 4) is 17.1 Å². The van der Waals surface area contributed by atoms with Crippen molar-refractivity contribution in [3.63, 3.8) is 0 Å². The molecule has 1 N–H and O–H groups in total. The third-order valence-electron chi connectivity index (χ3n) is 4.21. The predicted molar refractivity (Wildman–Crippen MR) is 122 cm³/mol. The summed E-state index contributed by atoms with van der Waals surface area (Å²) in [5.41, 5.74) is 0.910. The molecule has 164 valence electrons. The van der Waals surface area contributed by atoms with Crippen molar-refractivity contribution in [1.29, 1.82) is 0 Å². The maximum Gasteiger partial charge on any atom is 0.277 e. The van der Waals surface area contributed by atoms with Gasteiger partial charge in [-0.15, -0.1) is 10.2 Å². The quantitative estimate of drug-likeness (QED) is 0.305. The van der Waals surface area contributed by atoms with E-state index in [0.717, 1.165) is 17.3 Å². The Morgan fingerprint density at radius 3 is 2.62 bits per heavy atom. The van der Waals surface area contributed by atoms with Crippen molar-refractivity contribution < 1.29 is 18.4 Å². The normalized spacial score (nSPS) is 10.8. The first kappa shape index (κ1) is 22.3. The van der Waals surface area contributed by atoms with Gasteiger partial charge < -0.3 is 18.9 Å². The average Bonchev–Trinajstić information content (AvgIpc) is 3.46. The lowest BCUT2D eigenvalue weighted by molar-refractivity contribution is -0.118. The van der Waals surface area contributed by atoms with Crippen molar-refractivity contribution in [1.82, 2.24) is 15.5 Å². The van der Waals surface area contributed by atoms with Gasteiger partial charge in [-0.05, 0) is 48.5 Å². The van der Waals surface area contributed by atoms with Gasteiger partial charge in [0.15, 0.2) is 6.61 Å². The van der Waals surface area contributed by atoms with Crippen LogP contribution in [-0.2, 0) is 17.9 Å². The maximum absolute atomic E-state index is 12.1. The Hall–Kier alpha value is -2.94. The largest absolute Gasteiger partial charge is 0.482 e. The van der Waals surface area contributed by atoms with E-state index in [2.05, 4.69) is 15.5 Å². The Labute approximate surface area is 198 Å². The highest BCUT2D eigenvalue weighted by Crippen LogP contribution is 2.25. The zero-order chi connectivity index (χ0) is 22.3. The highest BCUT2D eigenvalue weighted by molar-refractivity contribution is 7.99. The van der Waals surface area contributed by atoms with Gasteiger partial charge in [-0.3, -0.25) is 4.79 Å². The molecule has 1 amide bonds. The zero-order valence-corrected chi connectivity index (χ0v) is 18.9. The lowest BCUT2D eigenvalue weighted by Gasteiger charge is -2.04. The molecular formula is C22H17Cl2N3O4S. The number of aromatic nitrogens is 2. The lowest BCUT2D eigenvalue weighted by Crippen LogP contribution is -2.24. The molecule has 4 rings (SSSR count). The number of rotatable bonds is 9. The third-order valence-corrected chi connectivity index (χ3v) is 5.60. The fourth-order valence-electron chi connectivity index (χ4n) is 2.66. The van der Waals surface area contributed by atoms with Crippen molar-refractivity contribution >= 4 is 40.9 Å². The highest BCUT2D eigenvalue weighted by atomic mass is 35.5. The van der Waals surface area contributed by atoms with Crippen LogP contribution < -0.4 is 10.1 Å². The second kappa shape index (κ2) is 10.6. The number of halogens is 2. The van der Waals surface area contributed by atoms with Gasteiger partial charge in [0.2, 0.25) is 5.91 Å². The molecule has 2 aromatic carbocycles. The van der Waals surface area contributed by atoms with Crippen molar-refractivity contribution in [2.45, 2.75) is 18.4 Å². The molecule has 0 radical (unpaired) electrons.